The van der Waals surface area contributed by atoms with E-state index in [0.29, 0.717) is 30.1 Å². The van der Waals surface area contributed by atoms with Crippen molar-refractivity contribution in [2.24, 2.45) is 5.92 Å². The van der Waals surface area contributed by atoms with Crippen molar-refractivity contribution in [2.45, 2.75) is 50.3 Å². The lowest BCUT2D eigenvalue weighted by atomic mass is 9.94. The minimum Gasteiger partial charge on any atom is -0.349 e. The molecule has 1 aromatic carbocycles. The van der Waals surface area contributed by atoms with Gasteiger partial charge in [0.25, 0.3) is 10.0 Å². The number of aryl methyl sites for hydroxylation is 2. The van der Waals surface area contributed by atoms with Gasteiger partial charge in [0.2, 0.25) is 5.91 Å². The smallest absolute Gasteiger partial charge is 0.252 e. The molecule has 0 saturated carbocycles. The van der Waals surface area contributed by atoms with Gasteiger partial charge in [0.15, 0.2) is 0 Å². The van der Waals surface area contributed by atoms with Crippen molar-refractivity contribution in [1.82, 2.24) is 9.62 Å². The molecule has 28 heavy (non-hydrogen) atoms. The summed E-state index contributed by atoms with van der Waals surface area (Å²) in [5, 5.41) is 4.96. The number of rotatable bonds is 6. The Balaban J connectivity index is 1.62. The number of carbonyl (C=O) groups excluding carboxylic acids is 1. The van der Waals surface area contributed by atoms with Gasteiger partial charge in [-0.25, -0.2) is 8.42 Å². The van der Waals surface area contributed by atoms with Gasteiger partial charge in [0.05, 0.1) is 6.04 Å². The van der Waals surface area contributed by atoms with Crippen LogP contribution in [0, 0.1) is 19.8 Å². The summed E-state index contributed by atoms with van der Waals surface area (Å²) in [5.74, 6) is -0.116. The Labute approximate surface area is 171 Å². The first kappa shape index (κ1) is 21.0. The molecule has 2 heterocycles. The maximum atomic E-state index is 12.8. The molecule has 2 aromatic rings. The molecule has 0 radical (unpaired) electrons. The summed E-state index contributed by atoms with van der Waals surface area (Å²) >= 11 is 1.23. The van der Waals surface area contributed by atoms with Crippen LogP contribution in [0.15, 0.2) is 39.9 Å². The third-order valence-corrected chi connectivity index (χ3v) is 8.71. The van der Waals surface area contributed by atoms with E-state index in [9.17, 15) is 13.2 Å². The SMILES string of the molecule is CC[C@H](NC(=O)C1CCN(S(=O)(=O)c2cccs2)CC1)c1ccc(C)cc1C. The van der Waals surface area contributed by atoms with Gasteiger partial charge in [0, 0.05) is 19.0 Å². The summed E-state index contributed by atoms with van der Waals surface area (Å²) < 4.78 is 27.1. The number of nitrogens with zero attached hydrogens (tertiary/aromatic N) is 1. The van der Waals surface area contributed by atoms with Crippen LogP contribution in [-0.2, 0) is 14.8 Å². The molecular weight excluding hydrogens is 392 g/mol. The van der Waals surface area contributed by atoms with Crippen LogP contribution in [0.25, 0.3) is 0 Å². The highest BCUT2D eigenvalue weighted by atomic mass is 32.2. The van der Waals surface area contributed by atoms with Crippen molar-refractivity contribution >= 4 is 27.3 Å². The van der Waals surface area contributed by atoms with Gasteiger partial charge in [-0.05, 0) is 55.7 Å². The number of benzene rings is 1. The van der Waals surface area contributed by atoms with E-state index in [1.54, 1.807) is 17.5 Å². The number of piperidine rings is 1. The molecule has 152 valence electrons. The maximum Gasteiger partial charge on any atom is 0.252 e. The average Bonchev–Trinajstić information content (AvgIpc) is 3.22. The zero-order chi connectivity index (χ0) is 20.3. The molecule has 0 aliphatic carbocycles. The minimum absolute atomic E-state index is 0.0130. The molecule has 0 unspecified atom stereocenters. The summed E-state index contributed by atoms with van der Waals surface area (Å²) in [7, 11) is -3.43. The van der Waals surface area contributed by atoms with Crippen LogP contribution in [0.3, 0.4) is 0 Å². The van der Waals surface area contributed by atoms with Crippen molar-refractivity contribution in [3.63, 3.8) is 0 Å². The molecular formula is C21H28N2O3S2. The molecule has 1 N–H and O–H groups in total. The third-order valence-electron chi connectivity index (χ3n) is 5.44. The quantitative estimate of drug-likeness (QED) is 0.767. The fourth-order valence-electron chi connectivity index (χ4n) is 3.80. The highest BCUT2D eigenvalue weighted by molar-refractivity contribution is 7.91. The first-order valence-corrected chi connectivity index (χ1v) is 12.1. The van der Waals surface area contributed by atoms with E-state index in [4.69, 9.17) is 0 Å². The van der Waals surface area contributed by atoms with Crippen LogP contribution in [-0.4, -0.2) is 31.7 Å². The average molecular weight is 421 g/mol. The van der Waals surface area contributed by atoms with Gasteiger partial charge < -0.3 is 5.32 Å². The summed E-state index contributed by atoms with van der Waals surface area (Å²) in [6, 6.07) is 9.67. The number of sulfonamides is 1. The molecule has 1 aliphatic rings. The zero-order valence-electron chi connectivity index (χ0n) is 16.6. The van der Waals surface area contributed by atoms with E-state index in [1.807, 2.05) is 0 Å². The predicted octanol–water partition coefficient (Wildman–Crippen LogP) is 4.03. The van der Waals surface area contributed by atoms with Gasteiger partial charge >= 0.3 is 0 Å². The van der Waals surface area contributed by atoms with E-state index in [-0.39, 0.29) is 17.9 Å². The van der Waals surface area contributed by atoms with Crippen molar-refractivity contribution in [3.05, 3.63) is 52.4 Å². The third kappa shape index (κ3) is 4.47. The van der Waals surface area contributed by atoms with Gasteiger partial charge in [-0.15, -0.1) is 11.3 Å². The van der Waals surface area contributed by atoms with E-state index in [2.05, 4.69) is 44.3 Å². The van der Waals surface area contributed by atoms with E-state index in [1.165, 1.54) is 26.8 Å². The molecule has 3 rings (SSSR count). The van der Waals surface area contributed by atoms with Gasteiger partial charge in [0.1, 0.15) is 4.21 Å². The summed E-state index contributed by atoms with van der Waals surface area (Å²) in [6.45, 7) is 6.98. The second-order valence-electron chi connectivity index (χ2n) is 7.44. The van der Waals surface area contributed by atoms with Gasteiger partial charge in [-0.3, -0.25) is 4.79 Å². The Hall–Kier alpha value is -1.70. The summed E-state index contributed by atoms with van der Waals surface area (Å²) in [5.41, 5.74) is 3.55. The van der Waals surface area contributed by atoms with Crippen molar-refractivity contribution in [3.8, 4) is 0 Å². The Morgan fingerprint density at radius 1 is 1.25 bits per heavy atom. The van der Waals surface area contributed by atoms with Crippen LogP contribution in [0.5, 0.6) is 0 Å². The number of nitrogens with one attached hydrogen (secondary N) is 1. The number of amides is 1. The van der Waals surface area contributed by atoms with Crippen molar-refractivity contribution < 1.29 is 13.2 Å². The maximum absolute atomic E-state index is 12.8. The number of hydrogen-bond donors (Lipinski definition) is 1. The minimum atomic E-state index is -3.43. The van der Waals surface area contributed by atoms with E-state index < -0.39 is 10.0 Å². The fourth-order valence-corrected chi connectivity index (χ4v) is 6.42. The second kappa shape index (κ2) is 8.76. The Kier molecular flexibility index (Phi) is 6.58. The first-order chi connectivity index (χ1) is 13.3. The van der Waals surface area contributed by atoms with E-state index >= 15 is 0 Å². The van der Waals surface area contributed by atoms with Gasteiger partial charge in [-0.2, -0.15) is 4.31 Å². The molecule has 7 heteroatoms. The normalized spacial score (nSPS) is 17.4. The van der Waals surface area contributed by atoms with Crippen LogP contribution < -0.4 is 5.32 Å². The number of thiophene rings is 1. The molecule has 1 saturated heterocycles. The molecule has 0 bridgehead atoms. The van der Waals surface area contributed by atoms with Gasteiger partial charge in [-0.1, -0.05) is 36.8 Å². The highest BCUT2D eigenvalue weighted by Gasteiger charge is 2.33. The zero-order valence-corrected chi connectivity index (χ0v) is 18.3. The lowest BCUT2D eigenvalue weighted by Crippen LogP contribution is -2.43. The Morgan fingerprint density at radius 2 is 1.96 bits per heavy atom. The highest BCUT2D eigenvalue weighted by Crippen LogP contribution is 2.28. The molecule has 5 nitrogen and oxygen atoms in total. The fraction of sp³-hybridized carbons (Fsp3) is 0.476. The first-order valence-electron chi connectivity index (χ1n) is 9.74. The molecule has 1 atom stereocenters. The molecule has 1 aliphatic heterocycles. The largest absolute Gasteiger partial charge is 0.349 e. The molecule has 1 fully saturated rings. The van der Waals surface area contributed by atoms with Crippen LogP contribution in [0.2, 0.25) is 0 Å². The van der Waals surface area contributed by atoms with Crippen molar-refractivity contribution in [2.75, 3.05) is 13.1 Å². The Bertz CT molecular complexity index is 915. The summed E-state index contributed by atoms with van der Waals surface area (Å²) in [4.78, 5) is 12.8. The van der Waals surface area contributed by atoms with Crippen LogP contribution >= 0.6 is 11.3 Å². The number of carbonyl (C=O) groups is 1. The lowest BCUT2D eigenvalue weighted by Gasteiger charge is -2.31. The Morgan fingerprint density at radius 3 is 2.54 bits per heavy atom. The van der Waals surface area contributed by atoms with E-state index in [0.717, 1.165) is 12.0 Å². The topological polar surface area (TPSA) is 66.5 Å². The predicted molar refractivity (Wildman–Crippen MR) is 113 cm³/mol. The summed E-state index contributed by atoms with van der Waals surface area (Å²) in [6.07, 6.45) is 1.93. The molecule has 1 amide bonds. The van der Waals surface area contributed by atoms with Crippen LogP contribution in [0.1, 0.15) is 48.9 Å². The number of hydrogen-bond acceptors (Lipinski definition) is 4. The molecule has 0 spiro atoms. The lowest BCUT2D eigenvalue weighted by molar-refractivity contribution is -0.126. The standard InChI is InChI=1S/C21H28N2O3S2/c1-4-19(18-8-7-15(2)14-16(18)3)22-21(24)17-9-11-23(12-10-17)28(25,26)20-6-5-13-27-20/h5-8,13-14,17,19H,4,9-12H2,1-3H3,(H,22,24)/t19-/m0/s1. The van der Waals surface area contributed by atoms with Crippen LogP contribution in [0.4, 0.5) is 0 Å². The molecule has 1 aromatic heterocycles. The van der Waals surface area contributed by atoms with Crippen molar-refractivity contribution in [1.29, 1.82) is 0 Å². The monoisotopic (exact) mass is 420 g/mol. The second-order valence-corrected chi connectivity index (χ2v) is 10.6.